The Kier molecular flexibility index (Phi) is 6.88. The molecule has 1 amide bonds. The Morgan fingerprint density at radius 2 is 1.70 bits per heavy atom. The van der Waals surface area contributed by atoms with E-state index in [1.165, 1.54) is 0 Å². The van der Waals surface area contributed by atoms with Gasteiger partial charge in [0.1, 0.15) is 12.3 Å². The number of hydrogen-bond donors (Lipinski definition) is 1. The average molecular weight is 466 g/mol. The van der Waals surface area contributed by atoms with Crippen molar-refractivity contribution in [2.75, 3.05) is 37.7 Å². The molecule has 0 unspecified atom stereocenters. The van der Waals surface area contributed by atoms with E-state index in [2.05, 4.69) is 15.1 Å². The maximum Gasteiger partial charge on any atom is 0.242 e. The molecular formula is C24H27N5O3S. The van der Waals surface area contributed by atoms with E-state index in [0.717, 1.165) is 30.1 Å². The Morgan fingerprint density at radius 1 is 1.03 bits per heavy atom. The molecule has 3 aromatic rings. The minimum Gasteiger partial charge on any atom is -0.494 e. The second-order valence-electron chi connectivity index (χ2n) is 7.87. The molecule has 0 radical (unpaired) electrons. The van der Waals surface area contributed by atoms with E-state index in [-0.39, 0.29) is 18.2 Å². The number of carbonyl (C=O) groups is 2. The fourth-order valence-electron chi connectivity index (χ4n) is 3.91. The Bertz CT molecular complexity index is 1180. The fraction of sp³-hybridized carbons (Fsp3) is 0.333. The number of piperazine rings is 1. The summed E-state index contributed by atoms with van der Waals surface area (Å²) in [6.07, 6.45) is 0. The maximum atomic E-state index is 13.0. The van der Waals surface area contributed by atoms with E-state index in [4.69, 9.17) is 17.0 Å². The highest BCUT2D eigenvalue weighted by molar-refractivity contribution is 7.71. The summed E-state index contributed by atoms with van der Waals surface area (Å²) in [6, 6.07) is 15.2. The molecule has 172 valence electrons. The number of anilines is 1. The summed E-state index contributed by atoms with van der Waals surface area (Å²) >= 11 is 5.39. The van der Waals surface area contributed by atoms with Crippen LogP contribution in [0.1, 0.15) is 24.2 Å². The highest BCUT2D eigenvalue weighted by atomic mass is 32.1. The number of aromatic nitrogens is 3. The van der Waals surface area contributed by atoms with Crippen molar-refractivity contribution in [1.82, 2.24) is 19.7 Å². The minimum atomic E-state index is 0.00580. The zero-order valence-corrected chi connectivity index (χ0v) is 19.6. The summed E-state index contributed by atoms with van der Waals surface area (Å²) in [4.78, 5) is 28.6. The number of benzene rings is 2. The van der Waals surface area contributed by atoms with Gasteiger partial charge in [-0.25, -0.2) is 0 Å². The number of H-pyrrole nitrogens is 1. The quantitative estimate of drug-likeness (QED) is 0.424. The average Bonchev–Trinajstić information content (AvgIpc) is 3.20. The highest BCUT2D eigenvalue weighted by Crippen LogP contribution is 2.22. The number of nitrogens with one attached hydrogen (secondary N) is 1. The minimum absolute atomic E-state index is 0.00580. The third-order valence-electron chi connectivity index (χ3n) is 5.75. The van der Waals surface area contributed by atoms with Crippen LogP contribution in [0.15, 0.2) is 48.5 Å². The van der Waals surface area contributed by atoms with Crippen LogP contribution in [0.4, 0.5) is 5.69 Å². The Hall–Kier alpha value is -3.46. The van der Waals surface area contributed by atoms with Crippen molar-refractivity contribution < 1.29 is 14.3 Å². The number of carbonyl (C=O) groups excluding carboxylic acids is 2. The van der Waals surface area contributed by atoms with Gasteiger partial charge in [0.05, 0.1) is 6.61 Å². The SMILES string of the molecule is CCOc1ccc(-c2n[nH]c(=S)n2CC(=O)N2CCN(c3ccc(C(C)=O)cc3)CC2)cc1. The molecule has 4 rings (SSSR count). The first-order valence-electron chi connectivity index (χ1n) is 11.0. The maximum absolute atomic E-state index is 13.0. The molecule has 0 saturated carbocycles. The van der Waals surface area contributed by atoms with E-state index in [9.17, 15) is 9.59 Å². The van der Waals surface area contributed by atoms with Crippen LogP contribution < -0.4 is 9.64 Å². The molecule has 2 heterocycles. The van der Waals surface area contributed by atoms with Gasteiger partial charge in [0.15, 0.2) is 16.4 Å². The second-order valence-corrected chi connectivity index (χ2v) is 8.25. The lowest BCUT2D eigenvalue weighted by Crippen LogP contribution is -2.49. The van der Waals surface area contributed by atoms with E-state index in [0.29, 0.717) is 35.9 Å². The van der Waals surface area contributed by atoms with Gasteiger partial charge < -0.3 is 14.5 Å². The number of amides is 1. The van der Waals surface area contributed by atoms with Crippen LogP contribution in [0.5, 0.6) is 5.75 Å². The molecule has 1 N–H and O–H groups in total. The van der Waals surface area contributed by atoms with E-state index in [1.807, 2.05) is 60.4 Å². The van der Waals surface area contributed by atoms with Crippen molar-refractivity contribution in [2.45, 2.75) is 20.4 Å². The van der Waals surface area contributed by atoms with Gasteiger partial charge in [-0.2, -0.15) is 5.10 Å². The Labute approximate surface area is 197 Å². The second kappa shape index (κ2) is 9.99. The van der Waals surface area contributed by atoms with E-state index < -0.39 is 0 Å². The first kappa shape index (κ1) is 22.7. The number of ketones is 1. The molecule has 0 atom stereocenters. The first-order valence-corrected chi connectivity index (χ1v) is 11.4. The van der Waals surface area contributed by atoms with Gasteiger partial charge in [-0.05, 0) is 74.6 Å². The zero-order chi connectivity index (χ0) is 23.4. The molecule has 8 nitrogen and oxygen atoms in total. The summed E-state index contributed by atoms with van der Waals surface area (Å²) in [5.41, 5.74) is 2.62. The van der Waals surface area contributed by atoms with Gasteiger partial charge in [0.25, 0.3) is 0 Å². The van der Waals surface area contributed by atoms with Crippen LogP contribution in [0.3, 0.4) is 0 Å². The van der Waals surface area contributed by atoms with Crippen LogP contribution in [-0.4, -0.2) is 64.1 Å². The third kappa shape index (κ3) is 5.14. The zero-order valence-electron chi connectivity index (χ0n) is 18.8. The molecule has 9 heteroatoms. The number of nitrogens with zero attached hydrogens (tertiary/aromatic N) is 4. The number of aromatic amines is 1. The van der Waals surface area contributed by atoms with Crippen LogP contribution in [0.25, 0.3) is 11.4 Å². The smallest absolute Gasteiger partial charge is 0.242 e. The van der Waals surface area contributed by atoms with Gasteiger partial charge in [-0.15, -0.1) is 0 Å². The lowest BCUT2D eigenvalue weighted by molar-refractivity contribution is -0.132. The van der Waals surface area contributed by atoms with Crippen molar-refractivity contribution in [3.05, 3.63) is 58.9 Å². The van der Waals surface area contributed by atoms with Gasteiger partial charge >= 0.3 is 0 Å². The summed E-state index contributed by atoms with van der Waals surface area (Å²) in [5.74, 6) is 1.47. The molecule has 1 aliphatic heterocycles. The monoisotopic (exact) mass is 465 g/mol. The summed E-state index contributed by atoms with van der Waals surface area (Å²) in [7, 11) is 0. The Balaban J connectivity index is 1.40. The molecule has 1 saturated heterocycles. The number of hydrogen-bond acceptors (Lipinski definition) is 6. The molecule has 0 aliphatic carbocycles. The number of ether oxygens (including phenoxy) is 1. The fourth-order valence-corrected chi connectivity index (χ4v) is 4.10. The Morgan fingerprint density at radius 3 is 2.30 bits per heavy atom. The van der Waals surface area contributed by atoms with Gasteiger partial charge in [0, 0.05) is 43.0 Å². The lowest BCUT2D eigenvalue weighted by atomic mass is 10.1. The predicted octanol–water partition coefficient (Wildman–Crippen LogP) is 3.56. The molecule has 0 bridgehead atoms. The van der Waals surface area contributed by atoms with Crippen molar-refractivity contribution in [1.29, 1.82) is 0 Å². The molecular weight excluding hydrogens is 438 g/mol. The first-order chi connectivity index (χ1) is 16.0. The summed E-state index contributed by atoms with van der Waals surface area (Å²) in [5, 5.41) is 7.14. The molecule has 0 spiro atoms. The van der Waals surface area contributed by atoms with Gasteiger partial charge in [-0.1, -0.05) is 0 Å². The topological polar surface area (TPSA) is 83.5 Å². The van der Waals surface area contributed by atoms with Crippen molar-refractivity contribution in [3.63, 3.8) is 0 Å². The van der Waals surface area contributed by atoms with Gasteiger partial charge in [-0.3, -0.25) is 19.3 Å². The van der Waals surface area contributed by atoms with Crippen LogP contribution >= 0.6 is 12.2 Å². The molecule has 2 aromatic carbocycles. The number of Topliss-reactive ketones (excluding diaryl/α,β-unsaturated/α-hetero) is 1. The number of rotatable bonds is 7. The molecule has 1 fully saturated rings. The van der Waals surface area contributed by atoms with Crippen molar-refractivity contribution >= 4 is 29.6 Å². The lowest BCUT2D eigenvalue weighted by Gasteiger charge is -2.36. The third-order valence-corrected chi connectivity index (χ3v) is 6.06. The summed E-state index contributed by atoms with van der Waals surface area (Å²) in [6.45, 7) is 6.94. The van der Waals surface area contributed by atoms with Crippen LogP contribution in [0, 0.1) is 4.77 Å². The highest BCUT2D eigenvalue weighted by Gasteiger charge is 2.23. The van der Waals surface area contributed by atoms with Crippen LogP contribution in [0.2, 0.25) is 0 Å². The van der Waals surface area contributed by atoms with Crippen molar-refractivity contribution in [3.8, 4) is 17.1 Å². The van der Waals surface area contributed by atoms with Crippen LogP contribution in [-0.2, 0) is 11.3 Å². The van der Waals surface area contributed by atoms with Gasteiger partial charge in [0.2, 0.25) is 5.91 Å². The largest absolute Gasteiger partial charge is 0.494 e. The van der Waals surface area contributed by atoms with Crippen molar-refractivity contribution in [2.24, 2.45) is 0 Å². The summed E-state index contributed by atoms with van der Waals surface area (Å²) < 4.78 is 7.65. The van der Waals surface area contributed by atoms with E-state index in [1.54, 1.807) is 11.5 Å². The predicted molar refractivity (Wildman–Crippen MR) is 129 cm³/mol. The normalized spacial score (nSPS) is 13.8. The molecule has 1 aliphatic rings. The molecule has 1 aromatic heterocycles. The van der Waals surface area contributed by atoms with E-state index >= 15 is 0 Å². The molecule has 33 heavy (non-hydrogen) atoms. The standard InChI is InChI=1S/C24H27N5O3S/c1-3-32-21-10-6-19(7-11-21)23-25-26-24(33)29(23)16-22(31)28-14-12-27(13-15-28)20-8-4-18(5-9-20)17(2)30/h4-11H,3,12-16H2,1-2H3,(H,26,33).